The Morgan fingerprint density at radius 2 is 1.84 bits per heavy atom. The second kappa shape index (κ2) is 9.66. The van der Waals surface area contributed by atoms with E-state index in [0.29, 0.717) is 36.0 Å². The molecule has 6 rings (SSSR count). The minimum Gasteiger partial charge on any atom is -0.432 e. The van der Waals surface area contributed by atoms with Gasteiger partial charge in [-0.1, -0.05) is 0 Å². The minimum absolute atomic E-state index is 0.0877. The third-order valence-corrected chi connectivity index (χ3v) is 7.50. The van der Waals surface area contributed by atoms with Crippen LogP contribution in [0.2, 0.25) is 0 Å². The average Bonchev–Trinajstić information content (AvgIpc) is 3.84. The van der Waals surface area contributed by atoms with E-state index in [1.165, 1.54) is 31.2 Å². The van der Waals surface area contributed by atoms with E-state index in [1.807, 2.05) is 0 Å². The SMILES string of the molecule is O=C(N[C@H]1CCN(CC2CC2)C[C@@H]1C(=O)NC1(c2ncccn2)CC1)c1ncc(-c2ccc(F)cc2)o1. The first-order valence-corrected chi connectivity index (χ1v) is 12.8. The standard InChI is InChI=1S/C27H29FN6O3/c28-19-6-4-18(5-7-19)22-14-31-25(37-22)24(36)32-21-8-13-34(15-17-2-3-17)16-20(21)23(35)33-27(9-10-27)26-29-11-1-12-30-26/h1,4-7,11-12,14,17,20-21H,2-3,8-10,13,15-16H2,(H,32,36)(H,33,35)/t20-,21-/m0/s1. The van der Waals surface area contributed by atoms with Crippen molar-refractivity contribution in [2.75, 3.05) is 19.6 Å². The monoisotopic (exact) mass is 504 g/mol. The van der Waals surface area contributed by atoms with E-state index >= 15 is 0 Å². The van der Waals surface area contributed by atoms with Gasteiger partial charge in [-0.15, -0.1) is 0 Å². The number of nitrogens with one attached hydrogen (secondary N) is 2. The highest BCUT2D eigenvalue weighted by molar-refractivity contribution is 5.91. The maximum atomic E-state index is 13.6. The molecule has 2 atom stereocenters. The van der Waals surface area contributed by atoms with Crippen LogP contribution in [0.25, 0.3) is 11.3 Å². The van der Waals surface area contributed by atoms with Gasteiger partial charge in [0.25, 0.3) is 5.89 Å². The summed E-state index contributed by atoms with van der Waals surface area (Å²) in [6, 6.07) is 7.17. The Kier molecular flexibility index (Phi) is 6.19. The first kappa shape index (κ1) is 23.7. The molecule has 0 radical (unpaired) electrons. The molecule has 2 amide bonds. The smallest absolute Gasteiger partial charge is 0.307 e. The van der Waals surface area contributed by atoms with Crippen LogP contribution in [-0.4, -0.2) is 57.3 Å². The summed E-state index contributed by atoms with van der Waals surface area (Å²) in [7, 11) is 0. The number of nitrogens with zero attached hydrogens (tertiary/aromatic N) is 4. The van der Waals surface area contributed by atoms with Crippen molar-refractivity contribution in [3.8, 4) is 11.3 Å². The van der Waals surface area contributed by atoms with E-state index in [2.05, 4.69) is 30.5 Å². The second-order valence-electron chi connectivity index (χ2n) is 10.4. The van der Waals surface area contributed by atoms with Crippen molar-refractivity contribution < 1.29 is 18.4 Å². The van der Waals surface area contributed by atoms with Crippen LogP contribution in [-0.2, 0) is 10.3 Å². The van der Waals surface area contributed by atoms with E-state index in [-0.39, 0.29) is 23.7 Å². The Balaban J connectivity index is 1.16. The minimum atomic E-state index is -0.529. The molecule has 2 aliphatic carbocycles. The maximum absolute atomic E-state index is 13.6. The molecule has 0 spiro atoms. The van der Waals surface area contributed by atoms with Crippen molar-refractivity contribution in [2.24, 2.45) is 11.8 Å². The highest BCUT2D eigenvalue weighted by atomic mass is 19.1. The zero-order chi connectivity index (χ0) is 25.4. The quantitative estimate of drug-likeness (QED) is 0.485. The van der Waals surface area contributed by atoms with Crippen LogP contribution < -0.4 is 10.6 Å². The number of hydrogen-bond acceptors (Lipinski definition) is 7. The molecular formula is C27H29FN6O3. The maximum Gasteiger partial charge on any atom is 0.307 e. The Bertz CT molecular complexity index is 1270. The topological polar surface area (TPSA) is 113 Å². The largest absolute Gasteiger partial charge is 0.432 e. The highest BCUT2D eigenvalue weighted by Crippen LogP contribution is 2.44. The van der Waals surface area contributed by atoms with Gasteiger partial charge in [0.05, 0.1) is 17.7 Å². The molecule has 3 aliphatic rings. The molecule has 1 aromatic carbocycles. The van der Waals surface area contributed by atoms with Gasteiger partial charge in [0.15, 0.2) is 11.6 Å². The van der Waals surface area contributed by atoms with Crippen LogP contribution in [0.4, 0.5) is 4.39 Å². The summed E-state index contributed by atoms with van der Waals surface area (Å²) in [6.45, 7) is 2.37. The summed E-state index contributed by atoms with van der Waals surface area (Å²) in [5.74, 6) is 0.263. The third kappa shape index (κ3) is 5.24. The van der Waals surface area contributed by atoms with Crippen LogP contribution in [0.3, 0.4) is 0 Å². The molecule has 1 aliphatic heterocycles. The molecule has 2 saturated carbocycles. The Morgan fingerprint density at radius 3 is 2.54 bits per heavy atom. The highest BCUT2D eigenvalue weighted by Gasteiger charge is 2.50. The summed E-state index contributed by atoms with van der Waals surface area (Å²) >= 11 is 0. The number of aromatic nitrogens is 3. The molecule has 1 saturated heterocycles. The molecule has 0 unspecified atom stereocenters. The Hall–Kier alpha value is -3.66. The predicted octanol–water partition coefficient (Wildman–Crippen LogP) is 2.91. The lowest BCUT2D eigenvalue weighted by Crippen LogP contribution is -2.57. The van der Waals surface area contributed by atoms with Gasteiger partial charge < -0.3 is 20.0 Å². The van der Waals surface area contributed by atoms with Crippen molar-refractivity contribution in [1.29, 1.82) is 0 Å². The van der Waals surface area contributed by atoms with Gasteiger partial charge in [-0.05, 0) is 68.4 Å². The molecule has 2 N–H and O–H groups in total. The van der Waals surface area contributed by atoms with Crippen LogP contribution >= 0.6 is 0 Å². The summed E-state index contributed by atoms with van der Waals surface area (Å²) in [4.78, 5) is 41.9. The van der Waals surface area contributed by atoms with Crippen molar-refractivity contribution in [3.05, 3.63) is 66.5 Å². The Labute approximate surface area is 213 Å². The number of hydrogen-bond donors (Lipinski definition) is 2. The molecule has 192 valence electrons. The second-order valence-corrected chi connectivity index (χ2v) is 10.4. The van der Waals surface area contributed by atoms with E-state index in [9.17, 15) is 14.0 Å². The lowest BCUT2D eigenvalue weighted by molar-refractivity contribution is -0.128. The summed E-state index contributed by atoms with van der Waals surface area (Å²) in [5.41, 5.74) is 0.0922. The molecule has 3 aromatic rings. The van der Waals surface area contributed by atoms with E-state index in [1.54, 1.807) is 30.6 Å². The third-order valence-electron chi connectivity index (χ3n) is 7.50. The molecule has 10 heteroatoms. The molecule has 3 fully saturated rings. The van der Waals surface area contributed by atoms with E-state index < -0.39 is 17.4 Å². The zero-order valence-corrected chi connectivity index (χ0v) is 20.4. The molecule has 3 heterocycles. The normalized spacial score (nSPS) is 22.8. The number of piperidine rings is 1. The Morgan fingerprint density at radius 1 is 1.08 bits per heavy atom. The number of amides is 2. The number of benzene rings is 1. The number of halogens is 1. The lowest BCUT2D eigenvalue weighted by atomic mass is 9.90. The van der Waals surface area contributed by atoms with Crippen molar-refractivity contribution in [3.63, 3.8) is 0 Å². The average molecular weight is 505 g/mol. The van der Waals surface area contributed by atoms with Crippen molar-refractivity contribution >= 4 is 11.8 Å². The summed E-state index contributed by atoms with van der Waals surface area (Å²) in [5, 5.41) is 6.21. The van der Waals surface area contributed by atoms with E-state index in [0.717, 1.165) is 25.9 Å². The van der Waals surface area contributed by atoms with Gasteiger partial charge in [-0.3, -0.25) is 9.59 Å². The number of carbonyl (C=O) groups excluding carboxylic acids is 2. The number of carbonyl (C=O) groups is 2. The van der Waals surface area contributed by atoms with Gasteiger partial charge >= 0.3 is 5.91 Å². The van der Waals surface area contributed by atoms with Gasteiger partial charge in [0.2, 0.25) is 5.91 Å². The molecule has 9 nitrogen and oxygen atoms in total. The van der Waals surface area contributed by atoms with Gasteiger partial charge in [-0.2, -0.15) is 0 Å². The van der Waals surface area contributed by atoms with Gasteiger partial charge in [-0.25, -0.2) is 19.3 Å². The van der Waals surface area contributed by atoms with Gasteiger partial charge in [0, 0.05) is 43.6 Å². The lowest BCUT2D eigenvalue weighted by Gasteiger charge is -2.38. The fraction of sp³-hybridized carbons (Fsp3) is 0.444. The van der Waals surface area contributed by atoms with Crippen molar-refractivity contribution in [2.45, 2.75) is 43.7 Å². The zero-order valence-electron chi connectivity index (χ0n) is 20.4. The fourth-order valence-electron chi connectivity index (χ4n) is 5.05. The number of oxazole rings is 1. The van der Waals surface area contributed by atoms with Crippen LogP contribution in [0.5, 0.6) is 0 Å². The summed E-state index contributed by atoms with van der Waals surface area (Å²) in [6.07, 6.45) is 9.53. The molecule has 0 bridgehead atoms. The van der Waals surface area contributed by atoms with Gasteiger partial charge in [0.1, 0.15) is 5.82 Å². The van der Waals surface area contributed by atoms with Crippen LogP contribution in [0.1, 0.15) is 48.6 Å². The van der Waals surface area contributed by atoms with Crippen LogP contribution in [0.15, 0.2) is 53.3 Å². The first-order valence-electron chi connectivity index (χ1n) is 12.8. The van der Waals surface area contributed by atoms with Crippen molar-refractivity contribution in [1.82, 2.24) is 30.5 Å². The first-order chi connectivity index (χ1) is 18.0. The number of rotatable bonds is 8. The van der Waals surface area contributed by atoms with E-state index in [4.69, 9.17) is 4.42 Å². The number of likely N-dealkylation sites (tertiary alicyclic amines) is 1. The molecular weight excluding hydrogens is 475 g/mol. The summed E-state index contributed by atoms with van der Waals surface area (Å²) < 4.78 is 18.9. The molecule has 37 heavy (non-hydrogen) atoms. The predicted molar refractivity (Wildman–Crippen MR) is 132 cm³/mol. The fourth-order valence-corrected chi connectivity index (χ4v) is 5.05. The van der Waals surface area contributed by atoms with Crippen LogP contribution in [0, 0.1) is 17.7 Å². The molecule has 2 aromatic heterocycles.